The van der Waals surface area contributed by atoms with E-state index in [1.165, 1.54) is 0 Å². The minimum absolute atomic E-state index is 0.260. The highest BCUT2D eigenvalue weighted by Gasteiger charge is 2.16. The van der Waals surface area contributed by atoms with E-state index in [1.54, 1.807) is 28.9 Å². The highest BCUT2D eigenvalue weighted by molar-refractivity contribution is 5.68. The van der Waals surface area contributed by atoms with Crippen molar-refractivity contribution in [3.8, 4) is 17.3 Å². The molecule has 0 saturated heterocycles. The minimum Gasteiger partial charge on any atom is -0.444 e. The fourth-order valence-electron chi connectivity index (χ4n) is 2.38. The molecule has 0 aliphatic carbocycles. The van der Waals surface area contributed by atoms with Crippen LogP contribution in [0, 0.1) is 11.3 Å². The van der Waals surface area contributed by atoms with Crippen LogP contribution in [0.5, 0.6) is 0 Å². The molecule has 3 rings (SSSR count). The molecule has 0 radical (unpaired) electrons. The van der Waals surface area contributed by atoms with E-state index in [4.69, 9.17) is 10.00 Å². The van der Waals surface area contributed by atoms with Gasteiger partial charge < -0.3 is 10.1 Å². The summed E-state index contributed by atoms with van der Waals surface area (Å²) in [5.41, 5.74) is 2.97. The van der Waals surface area contributed by atoms with Gasteiger partial charge in [-0.25, -0.2) is 14.3 Å². The summed E-state index contributed by atoms with van der Waals surface area (Å²) >= 11 is 0. The average Bonchev–Trinajstić information content (AvgIpc) is 3.02. The molecule has 2 aromatic heterocycles. The van der Waals surface area contributed by atoms with Crippen LogP contribution < -0.4 is 5.32 Å². The lowest BCUT2D eigenvalue weighted by Crippen LogP contribution is -2.32. The molecule has 0 atom stereocenters. The van der Waals surface area contributed by atoms with E-state index < -0.39 is 11.7 Å². The molecule has 1 N–H and O–H groups in total. The number of nitriles is 1. The van der Waals surface area contributed by atoms with E-state index >= 15 is 0 Å². The molecule has 0 saturated carbocycles. The maximum absolute atomic E-state index is 11.7. The first-order chi connectivity index (χ1) is 12.3. The lowest BCUT2D eigenvalue weighted by Gasteiger charge is -2.19. The number of carbonyl (C=O) groups is 1. The molecule has 3 aromatic rings. The third kappa shape index (κ3) is 4.16. The minimum atomic E-state index is -0.542. The maximum Gasteiger partial charge on any atom is 0.407 e. The van der Waals surface area contributed by atoms with Crippen LogP contribution in [0.1, 0.15) is 32.0 Å². The van der Waals surface area contributed by atoms with Gasteiger partial charge in [-0.05, 0) is 39.0 Å². The second-order valence-corrected chi connectivity index (χ2v) is 6.80. The SMILES string of the molecule is CC(C)(C)OC(=O)NCc1ccn2nc(-c3cccc(C#N)c3)cc2n1. The fourth-order valence-corrected chi connectivity index (χ4v) is 2.38. The van der Waals surface area contributed by atoms with E-state index in [0.29, 0.717) is 16.9 Å². The number of alkyl carbamates (subject to hydrolysis) is 1. The largest absolute Gasteiger partial charge is 0.444 e. The van der Waals surface area contributed by atoms with E-state index in [0.717, 1.165) is 11.3 Å². The topological polar surface area (TPSA) is 92.3 Å². The number of benzene rings is 1. The van der Waals surface area contributed by atoms with E-state index in [9.17, 15) is 4.79 Å². The van der Waals surface area contributed by atoms with E-state index in [2.05, 4.69) is 21.5 Å². The van der Waals surface area contributed by atoms with Crippen LogP contribution in [0.25, 0.3) is 16.9 Å². The molecule has 7 heteroatoms. The first-order valence-corrected chi connectivity index (χ1v) is 8.17. The predicted molar refractivity (Wildman–Crippen MR) is 96.2 cm³/mol. The summed E-state index contributed by atoms with van der Waals surface area (Å²) in [4.78, 5) is 16.2. The number of carbonyl (C=O) groups excluding carboxylic acids is 1. The summed E-state index contributed by atoms with van der Waals surface area (Å²) in [5, 5.41) is 16.2. The Hall–Kier alpha value is -3.40. The molecule has 1 aromatic carbocycles. The Balaban J connectivity index is 1.77. The Bertz CT molecular complexity index is 995. The smallest absolute Gasteiger partial charge is 0.407 e. The van der Waals surface area contributed by atoms with E-state index in [1.807, 2.05) is 39.0 Å². The lowest BCUT2D eigenvalue weighted by molar-refractivity contribution is 0.0523. The highest BCUT2D eigenvalue weighted by atomic mass is 16.6. The van der Waals surface area contributed by atoms with Crippen LogP contribution in [0.2, 0.25) is 0 Å². The van der Waals surface area contributed by atoms with Crippen LogP contribution >= 0.6 is 0 Å². The highest BCUT2D eigenvalue weighted by Crippen LogP contribution is 2.20. The Kier molecular flexibility index (Phi) is 4.59. The molecule has 0 spiro atoms. The van der Waals surface area contributed by atoms with Crippen LogP contribution in [-0.4, -0.2) is 26.3 Å². The molecule has 0 fully saturated rings. The molecule has 2 heterocycles. The van der Waals surface area contributed by atoms with Gasteiger partial charge in [0.2, 0.25) is 0 Å². The first kappa shape index (κ1) is 17.4. The molecule has 132 valence electrons. The summed E-state index contributed by atoms with van der Waals surface area (Å²) in [5.74, 6) is 0. The van der Waals surface area contributed by atoms with Crippen molar-refractivity contribution >= 4 is 11.7 Å². The molecule has 0 aliphatic heterocycles. The number of aromatic nitrogens is 3. The van der Waals surface area contributed by atoms with Gasteiger partial charge in [-0.2, -0.15) is 10.4 Å². The van der Waals surface area contributed by atoms with Gasteiger partial charge in [-0.1, -0.05) is 12.1 Å². The number of ether oxygens (including phenoxy) is 1. The van der Waals surface area contributed by atoms with Crippen molar-refractivity contribution in [1.82, 2.24) is 19.9 Å². The van der Waals surface area contributed by atoms with Crippen molar-refractivity contribution in [3.05, 3.63) is 53.9 Å². The van der Waals surface area contributed by atoms with Crippen molar-refractivity contribution in [1.29, 1.82) is 5.26 Å². The number of amides is 1. The van der Waals surface area contributed by atoms with Crippen LogP contribution in [0.3, 0.4) is 0 Å². The molecule has 7 nitrogen and oxygen atoms in total. The quantitative estimate of drug-likeness (QED) is 0.783. The Morgan fingerprint density at radius 1 is 1.31 bits per heavy atom. The van der Waals surface area contributed by atoms with Crippen molar-refractivity contribution in [2.75, 3.05) is 0 Å². The zero-order chi connectivity index (χ0) is 18.7. The number of hydrogen-bond acceptors (Lipinski definition) is 5. The normalized spacial score (nSPS) is 11.2. The zero-order valence-corrected chi connectivity index (χ0v) is 14.9. The third-order valence-corrected chi connectivity index (χ3v) is 3.48. The standard InChI is InChI=1S/C19H19N5O2/c1-19(2,3)26-18(25)21-12-15-7-8-24-17(22-15)10-16(23-24)14-6-4-5-13(9-14)11-20/h4-10H,12H2,1-3H3,(H,21,25). The summed E-state index contributed by atoms with van der Waals surface area (Å²) in [6.07, 6.45) is 1.30. The molecular weight excluding hydrogens is 330 g/mol. The number of nitrogens with zero attached hydrogens (tertiary/aromatic N) is 4. The van der Waals surface area contributed by atoms with Crippen molar-refractivity contribution in [2.24, 2.45) is 0 Å². The second-order valence-electron chi connectivity index (χ2n) is 6.80. The van der Waals surface area contributed by atoms with Gasteiger partial charge in [0.15, 0.2) is 5.65 Å². The average molecular weight is 349 g/mol. The van der Waals surface area contributed by atoms with Gasteiger partial charge in [0.1, 0.15) is 5.60 Å². The van der Waals surface area contributed by atoms with Crippen molar-refractivity contribution in [3.63, 3.8) is 0 Å². The predicted octanol–water partition coefficient (Wildman–Crippen LogP) is 3.29. The summed E-state index contributed by atoms with van der Waals surface area (Å²) in [6, 6.07) is 13.0. The molecule has 0 aliphatic rings. The molecule has 0 unspecified atom stereocenters. The molecule has 26 heavy (non-hydrogen) atoms. The summed E-state index contributed by atoms with van der Waals surface area (Å²) < 4.78 is 6.87. The molecule has 0 bridgehead atoms. The Morgan fingerprint density at radius 3 is 2.85 bits per heavy atom. The first-order valence-electron chi connectivity index (χ1n) is 8.17. The van der Waals surface area contributed by atoms with Crippen molar-refractivity contribution in [2.45, 2.75) is 32.9 Å². The number of fused-ring (bicyclic) bond motifs is 1. The van der Waals surface area contributed by atoms with Gasteiger partial charge >= 0.3 is 6.09 Å². The second kappa shape index (κ2) is 6.84. The van der Waals surface area contributed by atoms with Crippen LogP contribution in [0.15, 0.2) is 42.6 Å². The molecular formula is C19H19N5O2. The number of nitrogens with one attached hydrogen (secondary N) is 1. The van der Waals surface area contributed by atoms with E-state index in [-0.39, 0.29) is 6.54 Å². The number of hydrogen-bond donors (Lipinski definition) is 1. The van der Waals surface area contributed by atoms with Crippen LogP contribution in [0.4, 0.5) is 4.79 Å². The van der Waals surface area contributed by atoms with Crippen LogP contribution in [-0.2, 0) is 11.3 Å². The molecule has 1 amide bonds. The van der Waals surface area contributed by atoms with Crippen molar-refractivity contribution < 1.29 is 9.53 Å². The van der Waals surface area contributed by atoms with Gasteiger partial charge in [0.05, 0.1) is 29.6 Å². The fraction of sp³-hybridized carbons (Fsp3) is 0.263. The Labute approximate surface area is 151 Å². The van der Waals surface area contributed by atoms with Gasteiger partial charge in [0.25, 0.3) is 0 Å². The van der Waals surface area contributed by atoms with Gasteiger partial charge in [-0.15, -0.1) is 0 Å². The van der Waals surface area contributed by atoms with Gasteiger partial charge in [-0.3, -0.25) is 0 Å². The monoisotopic (exact) mass is 349 g/mol. The Morgan fingerprint density at radius 2 is 2.12 bits per heavy atom. The number of rotatable bonds is 3. The summed E-state index contributed by atoms with van der Waals surface area (Å²) in [6.45, 7) is 5.69. The van der Waals surface area contributed by atoms with Gasteiger partial charge in [0, 0.05) is 17.8 Å². The maximum atomic E-state index is 11.7. The third-order valence-electron chi connectivity index (χ3n) is 3.48. The lowest BCUT2D eigenvalue weighted by atomic mass is 10.1. The summed E-state index contributed by atoms with van der Waals surface area (Å²) in [7, 11) is 0. The zero-order valence-electron chi connectivity index (χ0n) is 14.9.